The van der Waals surface area contributed by atoms with Gasteiger partial charge in [0, 0.05) is 53.4 Å². The Morgan fingerprint density at radius 2 is 1.03 bits per heavy atom. The lowest BCUT2D eigenvalue weighted by molar-refractivity contribution is 0.360. The second-order valence-corrected chi connectivity index (χ2v) is 19.1. The molecule has 0 saturated carbocycles. The van der Waals surface area contributed by atoms with E-state index in [-0.39, 0.29) is 5.41 Å². The van der Waals surface area contributed by atoms with Crippen molar-refractivity contribution in [1.29, 1.82) is 0 Å². The SMILES string of the molecule is CC1(C)c2ccc(-c3ccc(-c4ccc5c(c4)-c4c(ccc6c4Sc4ccccc4S6)C5(c4ccccc4)c4ccccc4)nc3)cc2-c2c1ccc1c2Oc2ccccc2O1. The molecule has 0 radical (unpaired) electrons. The largest absolute Gasteiger partial charge is 0.449 e. The second kappa shape index (κ2) is 13.4. The molecule has 0 fully saturated rings. The van der Waals surface area contributed by atoms with E-state index in [2.05, 4.69) is 166 Å². The maximum Gasteiger partial charge on any atom is 0.178 e. The highest BCUT2D eigenvalue weighted by atomic mass is 32.2. The molecule has 0 spiro atoms. The van der Waals surface area contributed by atoms with Crippen LogP contribution < -0.4 is 9.47 Å². The number of nitrogens with zero attached hydrogens (tertiary/aromatic N) is 1. The van der Waals surface area contributed by atoms with E-state index in [1.807, 2.05) is 60.1 Å². The Kier molecular flexibility index (Phi) is 7.74. The molecule has 0 N–H and O–H groups in total. The zero-order valence-corrected chi connectivity index (χ0v) is 35.6. The van der Waals surface area contributed by atoms with Gasteiger partial charge >= 0.3 is 0 Å². The Hall–Kier alpha value is -6.79. The van der Waals surface area contributed by atoms with E-state index >= 15 is 0 Å². The number of hydrogen-bond donors (Lipinski definition) is 0. The number of ether oxygens (including phenoxy) is 2. The van der Waals surface area contributed by atoms with Gasteiger partial charge in [-0.05, 0) is 105 Å². The Balaban J connectivity index is 0.930. The third-order valence-corrected chi connectivity index (χ3v) is 15.9. The summed E-state index contributed by atoms with van der Waals surface area (Å²) >= 11 is 3.78. The minimum atomic E-state index is -0.485. The first-order valence-corrected chi connectivity index (χ1v) is 22.7. The van der Waals surface area contributed by atoms with Crippen molar-refractivity contribution in [3.05, 3.63) is 222 Å². The highest BCUT2D eigenvalue weighted by Crippen LogP contribution is 2.63. The molecule has 9 aromatic rings. The Morgan fingerprint density at radius 3 is 1.77 bits per heavy atom. The summed E-state index contributed by atoms with van der Waals surface area (Å²) < 4.78 is 13.0. The molecule has 8 aromatic carbocycles. The minimum Gasteiger partial charge on any atom is -0.449 e. The average Bonchev–Trinajstić information content (AvgIpc) is 3.76. The number of fused-ring (bicyclic) bond motifs is 12. The zero-order chi connectivity index (χ0) is 41.2. The summed E-state index contributed by atoms with van der Waals surface area (Å²) in [5, 5.41) is 0. The summed E-state index contributed by atoms with van der Waals surface area (Å²) in [5.74, 6) is 2.99. The number of aromatic nitrogens is 1. The van der Waals surface area contributed by atoms with Gasteiger partial charge in [0.05, 0.1) is 11.1 Å². The van der Waals surface area contributed by atoms with Gasteiger partial charge in [0.25, 0.3) is 0 Å². The topological polar surface area (TPSA) is 31.4 Å². The Labute approximate surface area is 369 Å². The van der Waals surface area contributed by atoms with Crippen LogP contribution in [-0.4, -0.2) is 4.98 Å². The predicted octanol–water partition coefficient (Wildman–Crippen LogP) is 15.6. The molecular formula is C57H37NO2S2. The maximum atomic E-state index is 6.60. The fourth-order valence-electron chi connectivity index (χ4n) is 10.5. The Morgan fingerprint density at radius 1 is 0.435 bits per heavy atom. The molecule has 0 atom stereocenters. The van der Waals surface area contributed by atoms with Crippen LogP contribution in [0.4, 0.5) is 0 Å². The van der Waals surface area contributed by atoms with Gasteiger partial charge in [-0.15, -0.1) is 0 Å². The number of hydrogen-bond acceptors (Lipinski definition) is 5. The van der Waals surface area contributed by atoms with Gasteiger partial charge in [0.15, 0.2) is 23.0 Å². The van der Waals surface area contributed by atoms with Crippen LogP contribution in [0.25, 0.3) is 44.6 Å². The van der Waals surface area contributed by atoms with E-state index in [4.69, 9.17) is 14.5 Å². The van der Waals surface area contributed by atoms with Crippen molar-refractivity contribution in [2.45, 2.75) is 44.3 Å². The van der Waals surface area contributed by atoms with Gasteiger partial charge in [0.2, 0.25) is 0 Å². The van der Waals surface area contributed by atoms with Gasteiger partial charge < -0.3 is 9.47 Å². The van der Waals surface area contributed by atoms with Crippen molar-refractivity contribution < 1.29 is 9.47 Å². The van der Waals surface area contributed by atoms with E-state index in [0.717, 1.165) is 50.9 Å². The van der Waals surface area contributed by atoms with Crippen molar-refractivity contribution in [2.24, 2.45) is 0 Å². The molecule has 294 valence electrons. The van der Waals surface area contributed by atoms with E-state index < -0.39 is 5.41 Å². The number of para-hydroxylation sites is 2. The highest BCUT2D eigenvalue weighted by Gasteiger charge is 2.48. The molecule has 0 unspecified atom stereocenters. The average molecular weight is 832 g/mol. The molecule has 3 nitrogen and oxygen atoms in total. The summed E-state index contributed by atoms with van der Waals surface area (Å²) in [4.78, 5) is 10.4. The smallest absolute Gasteiger partial charge is 0.178 e. The van der Waals surface area contributed by atoms with Gasteiger partial charge in [-0.1, -0.05) is 165 Å². The molecule has 2 aliphatic heterocycles. The lowest BCUT2D eigenvalue weighted by Gasteiger charge is -2.34. The third-order valence-electron chi connectivity index (χ3n) is 13.3. The summed E-state index contributed by atoms with van der Waals surface area (Å²) in [6.45, 7) is 4.59. The number of benzene rings is 8. The highest BCUT2D eigenvalue weighted by molar-refractivity contribution is 8.05. The zero-order valence-electron chi connectivity index (χ0n) is 34.0. The molecule has 3 heterocycles. The molecule has 0 bridgehead atoms. The summed E-state index contributed by atoms with van der Waals surface area (Å²) in [7, 11) is 0. The van der Waals surface area contributed by atoms with Crippen molar-refractivity contribution in [2.75, 3.05) is 0 Å². The minimum absolute atomic E-state index is 0.189. The summed E-state index contributed by atoms with van der Waals surface area (Å²) in [5.41, 5.74) is 16.1. The van der Waals surface area contributed by atoms with E-state index in [1.165, 1.54) is 69.7 Å². The first kappa shape index (κ1) is 35.9. The molecule has 2 aliphatic carbocycles. The van der Waals surface area contributed by atoms with Crippen LogP contribution in [0.2, 0.25) is 0 Å². The predicted molar refractivity (Wildman–Crippen MR) is 251 cm³/mol. The van der Waals surface area contributed by atoms with E-state index in [0.29, 0.717) is 0 Å². The van der Waals surface area contributed by atoms with Crippen LogP contribution >= 0.6 is 23.5 Å². The molecular weight excluding hydrogens is 795 g/mol. The first-order chi connectivity index (χ1) is 30.5. The van der Waals surface area contributed by atoms with Gasteiger partial charge in [0.1, 0.15) is 0 Å². The fraction of sp³-hybridized carbons (Fsp3) is 0.0702. The second-order valence-electron chi connectivity index (χ2n) is 17.0. The van der Waals surface area contributed by atoms with Crippen molar-refractivity contribution in [3.8, 4) is 67.6 Å². The Bertz CT molecular complexity index is 3280. The lowest BCUT2D eigenvalue weighted by Crippen LogP contribution is -2.28. The van der Waals surface area contributed by atoms with Crippen LogP contribution in [0.5, 0.6) is 23.0 Å². The van der Waals surface area contributed by atoms with Crippen LogP contribution in [0, 0.1) is 0 Å². The summed E-state index contributed by atoms with van der Waals surface area (Å²) in [6, 6.07) is 66.0. The van der Waals surface area contributed by atoms with Crippen LogP contribution in [0.3, 0.4) is 0 Å². The number of rotatable bonds is 4. The maximum absolute atomic E-state index is 6.60. The third kappa shape index (κ3) is 5.07. The molecule has 0 saturated heterocycles. The summed E-state index contributed by atoms with van der Waals surface area (Å²) in [6.07, 6.45) is 2.03. The van der Waals surface area contributed by atoms with Crippen LogP contribution in [-0.2, 0) is 10.8 Å². The lowest BCUT2D eigenvalue weighted by atomic mass is 9.67. The molecule has 13 rings (SSSR count). The van der Waals surface area contributed by atoms with Gasteiger partial charge in [-0.25, -0.2) is 0 Å². The molecule has 0 amide bonds. The molecule has 1 aromatic heterocycles. The van der Waals surface area contributed by atoms with Crippen molar-refractivity contribution >= 4 is 23.5 Å². The fourth-order valence-corrected chi connectivity index (χ4v) is 12.9. The van der Waals surface area contributed by atoms with Crippen LogP contribution in [0.1, 0.15) is 47.2 Å². The number of pyridine rings is 1. The van der Waals surface area contributed by atoms with Gasteiger partial charge in [-0.3, -0.25) is 4.98 Å². The van der Waals surface area contributed by atoms with Crippen molar-refractivity contribution in [3.63, 3.8) is 0 Å². The first-order valence-electron chi connectivity index (χ1n) is 21.1. The molecule has 5 heteroatoms. The van der Waals surface area contributed by atoms with Crippen molar-refractivity contribution in [1.82, 2.24) is 4.98 Å². The normalized spacial score (nSPS) is 15.0. The standard InChI is InChI=1S/C57H37NO2S2/c1-56(2)41-24-21-34(31-39(41)52-43(56)26-29-48-54(52)60-47-18-10-9-17-46(47)59-48)36-23-28-45(58-33-36)35-22-25-42-40(32-35)53-44(27-30-51-55(53)62-50-20-12-11-19-49(50)61-51)57(42,37-13-5-3-6-14-37)38-15-7-4-8-16-38/h3-33H,1-2H3. The van der Waals surface area contributed by atoms with E-state index in [9.17, 15) is 0 Å². The quantitative estimate of drug-likeness (QED) is 0.176. The molecule has 4 aliphatic rings. The van der Waals surface area contributed by atoms with E-state index in [1.54, 1.807) is 0 Å². The van der Waals surface area contributed by atoms with Crippen LogP contribution in [0.15, 0.2) is 208 Å². The van der Waals surface area contributed by atoms with Gasteiger partial charge in [-0.2, -0.15) is 0 Å². The molecule has 62 heavy (non-hydrogen) atoms. The monoisotopic (exact) mass is 831 g/mol.